The first-order chi connectivity index (χ1) is 17.0. The van der Waals surface area contributed by atoms with Gasteiger partial charge in [-0.15, -0.1) is 0 Å². The number of aryl methyl sites for hydroxylation is 3. The summed E-state index contributed by atoms with van der Waals surface area (Å²) in [7, 11) is 1.38. The Labute approximate surface area is 220 Å². The fourth-order valence-corrected chi connectivity index (χ4v) is 5.65. The van der Waals surface area contributed by atoms with E-state index in [9.17, 15) is 24.6 Å². The molecule has 1 fully saturated rings. The van der Waals surface area contributed by atoms with Crippen LogP contribution < -0.4 is 9.64 Å². The summed E-state index contributed by atoms with van der Waals surface area (Å²) in [6, 6.07) is 7.38. The van der Waals surface area contributed by atoms with Crippen LogP contribution >= 0.6 is 27.3 Å². The number of carbonyl (C=O) groups is 3. The number of benzene rings is 2. The van der Waals surface area contributed by atoms with E-state index in [1.54, 1.807) is 26.0 Å². The third kappa shape index (κ3) is 4.20. The summed E-state index contributed by atoms with van der Waals surface area (Å²) in [6.07, 6.45) is 0. The molecule has 2 aromatic carbocycles. The Morgan fingerprint density at radius 2 is 1.86 bits per heavy atom. The number of aliphatic hydroxyl groups excluding tert-OH is 1. The SMILES string of the molecule is COc1cc(C2C(=C(O)c3cc(C)ccc3C)C(=O)C(=O)N2c2nc(C)c(C(C)=O)s2)cc(Br)c1O. The Morgan fingerprint density at radius 1 is 1.17 bits per heavy atom. The Hall–Kier alpha value is -3.50. The summed E-state index contributed by atoms with van der Waals surface area (Å²) in [5, 5.41) is 21.9. The second-order valence-electron chi connectivity index (χ2n) is 8.51. The van der Waals surface area contributed by atoms with Crippen LogP contribution in [0.4, 0.5) is 5.13 Å². The van der Waals surface area contributed by atoms with Gasteiger partial charge in [0.2, 0.25) is 0 Å². The van der Waals surface area contributed by atoms with E-state index in [0.717, 1.165) is 22.5 Å². The third-order valence-electron chi connectivity index (χ3n) is 5.99. The van der Waals surface area contributed by atoms with Crippen LogP contribution in [-0.2, 0) is 9.59 Å². The van der Waals surface area contributed by atoms with E-state index in [1.165, 1.54) is 25.0 Å². The second-order valence-corrected chi connectivity index (χ2v) is 10.3. The summed E-state index contributed by atoms with van der Waals surface area (Å²) in [5.41, 5.74) is 2.69. The smallest absolute Gasteiger partial charge is 0.301 e. The highest BCUT2D eigenvalue weighted by Crippen LogP contribution is 2.47. The Bertz CT molecular complexity index is 1480. The van der Waals surface area contributed by atoms with Gasteiger partial charge in [0.15, 0.2) is 22.4 Å². The van der Waals surface area contributed by atoms with Crippen molar-refractivity contribution in [2.45, 2.75) is 33.7 Å². The molecule has 2 N–H and O–H groups in total. The van der Waals surface area contributed by atoms with E-state index in [4.69, 9.17) is 4.74 Å². The van der Waals surface area contributed by atoms with E-state index in [-0.39, 0.29) is 38.2 Å². The largest absolute Gasteiger partial charge is 0.507 e. The van der Waals surface area contributed by atoms with E-state index < -0.39 is 17.7 Å². The predicted octanol–water partition coefficient (Wildman–Crippen LogP) is 5.37. The highest BCUT2D eigenvalue weighted by molar-refractivity contribution is 9.10. The fourth-order valence-electron chi connectivity index (χ4n) is 4.20. The van der Waals surface area contributed by atoms with Gasteiger partial charge in [0.1, 0.15) is 5.76 Å². The number of carbonyl (C=O) groups excluding carboxylic acids is 3. The van der Waals surface area contributed by atoms with Crippen molar-refractivity contribution < 1.29 is 29.3 Å². The maximum absolute atomic E-state index is 13.4. The van der Waals surface area contributed by atoms with Crippen LogP contribution in [0, 0.1) is 20.8 Å². The molecular formula is C26H23BrN2O6S. The molecule has 1 saturated heterocycles. The molecule has 1 atom stereocenters. The summed E-state index contributed by atoms with van der Waals surface area (Å²) in [6.45, 7) is 6.70. The molecule has 0 bridgehead atoms. The molecular weight excluding hydrogens is 548 g/mol. The molecule has 2 heterocycles. The average Bonchev–Trinajstić information content (AvgIpc) is 3.33. The quantitative estimate of drug-likeness (QED) is 0.183. The number of halogens is 1. The van der Waals surface area contributed by atoms with Gasteiger partial charge in [-0.05, 0) is 66.0 Å². The number of hydrogen-bond acceptors (Lipinski definition) is 8. The normalized spacial score (nSPS) is 17.1. The number of anilines is 1. The van der Waals surface area contributed by atoms with Gasteiger partial charge in [0.25, 0.3) is 5.78 Å². The number of phenols is 1. The van der Waals surface area contributed by atoms with Crippen molar-refractivity contribution in [3.05, 3.63) is 73.2 Å². The number of ether oxygens (including phenoxy) is 1. The van der Waals surface area contributed by atoms with Crippen LogP contribution in [-0.4, -0.2) is 39.8 Å². The first kappa shape index (κ1) is 25.6. The average molecular weight is 571 g/mol. The molecule has 0 saturated carbocycles. The van der Waals surface area contributed by atoms with Crippen molar-refractivity contribution in [1.29, 1.82) is 0 Å². The third-order valence-corrected chi connectivity index (χ3v) is 7.85. The predicted molar refractivity (Wildman–Crippen MR) is 140 cm³/mol. The first-order valence-corrected chi connectivity index (χ1v) is 12.5. The van der Waals surface area contributed by atoms with Crippen molar-refractivity contribution in [2.75, 3.05) is 12.0 Å². The number of ketones is 2. The summed E-state index contributed by atoms with van der Waals surface area (Å²) in [5.74, 6) is -2.37. The number of nitrogens with zero attached hydrogens (tertiary/aromatic N) is 2. The minimum atomic E-state index is -1.10. The number of methoxy groups -OCH3 is 1. The van der Waals surface area contributed by atoms with Crippen LogP contribution in [0.25, 0.3) is 5.76 Å². The number of rotatable bonds is 5. The van der Waals surface area contributed by atoms with E-state index in [2.05, 4.69) is 20.9 Å². The molecule has 10 heteroatoms. The van der Waals surface area contributed by atoms with Crippen LogP contribution in [0.2, 0.25) is 0 Å². The molecule has 4 rings (SSSR count). The maximum atomic E-state index is 13.4. The number of aliphatic hydroxyl groups is 1. The van der Waals surface area contributed by atoms with Gasteiger partial charge in [0, 0.05) is 12.5 Å². The molecule has 0 radical (unpaired) electrons. The molecule has 0 spiro atoms. The summed E-state index contributed by atoms with van der Waals surface area (Å²) in [4.78, 5) is 44.9. The van der Waals surface area contributed by atoms with Gasteiger partial charge in [-0.2, -0.15) is 0 Å². The monoisotopic (exact) mass is 570 g/mol. The molecule has 8 nitrogen and oxygen atoms in total. The van der Waals surface area contributed by atoms with Crippen LogP contribution in [0.1, 0.15) is 50.6 Å². The number of aromatic hydroxyl groups is 1. The molecule has 1 aliphatic rings. The number of amides is 1. The van der Waals surface area contributed by atoms with Crippen molar-refractivity contribution in [3.63, 3.8) is 0 Å². The zero-order valence-electron chi connectivity index (χ0n) is 20.2. The molecule has 1 aromatic heterocycles. The lowest BCUT2D eigenvalue weighted by Crippen LogP contribution is -2.29. The minimum absolute atomic E-state index is 0.108. The van der Waals surface area contributed by atoms with Gasteiger partial charge in [0.05, 0.1) is 33.8 Å². The molecule has 186 valence electrons. The molecule has 1 amide bonds. The van der Waals surface area contributed by atoms with Crippen molar-refractivity contribution in [2.24, 2.45) is 0 Å². The highest BCUT2D eigenvalue weighted by Gasteiger charge is 2.49. The Balaban J connectivity index is 2.04. The number of aromatic nitrogens is 1. The van der Waals surface area contributed by atoms with Gasteiger partial charge in [-0.1, -0.05) is 29.0 Å². The van der Waals surface area contributed by atoms with Crippen molar-refractivity contribution in [3.8, 4) is 11.5 Å². The molecule has 36 heavy (non-hydrogen) atoms. The molecule has 0 aliphatic carbocycles. The second kappa shape index (κ2) is 9.51. The first-order valence-electron chi connectivity index (χ1n) is 10.9. The lowest BCUT2D eigenvalue weighted by atomic mass is 9.93. The van der Waals surface area contributed by atoms with Gasteiger partial charge in [-0.25, -0.2) is 4.98 Å². The number of hydrogen-bond donors (Lipinski definition) is 2. The number of thiazole rings is 1. The zero-order chi connectivity index (χ0) is 26.5. The molecule has 1 aliphatic heterocycles. The van der Waals surface area contributed by atoms with Crippen LogP contribution in [0.15, 0.2) is 40.4 Å². The Kier molecular flexibility index (Phi) is 6.76. The Morgan fingerprint density at radius 3 is 2.47 bits per heavy atom. The van der Waals surface area contributed by atoms with Crippen LogP contribution in [0.5, 0.6) is 11.5 Å². The molecule has 1 unspecified atom stereocenters. The topological polar surface area (TPSA) is 117 Å². The van der Waals surface area contributed by atoms with Gasteiger partial charge in [-0.3, -0.25) is 19.3 Å². The highest BCUT2D eigenvalue weighted by atomic mass is 79.9. The lowest BCUT2D eigenvalue weighted by molar-refractivity contribution is -0.132. The van der Waals surface area contributed by atoms with Gasteiger partial charge < -0.3 is 14.9 Å². The van der Waals surface area contributed by atoms with Crippen LogP contribution in [0.3, 0.4) is 0 Å². The van der Waals surface area contributed by atoms with E-state index in [1.807, 2.05) is 19.1 Å². The van der Waals surface area contributed by atoms with Crippen molar-refractivity contribution in [1.82, 2.24) is 4.98 Å². The van der Waals surface area contributed by atoms with E-state index >= 15 is 0 Å². The zero-order valence-corrected chi connectivity index (χ0v) is 22.6. The number of phenolic OH excluding ortho intramolecular Hbond substituents is 1. The fraction of sp³-hybridized carbons (Fsp3) is 0.231. The van der Waals surface area contributed by atoms with E-state index in [0.29, 0.717) is 21.7 Å². The molecule has 3 aromatic rings. The standard InChI is InChI=1S/C26H23BrN2O6S/c1-11-6-7-12(2)16(8-11)21(31)19-20(15-9-17(27)22(32)18(10-15)35-5)29(25(34)23(19)33)26-28-13(3)24(36-26)14(4)30/h6-10,20,31-32H,1-5H3. The summed E-state index contributed by atoms with van der Waals surface area (Å²) >= 11 is 4.29. The lowest BCUT2D eigenvalue weighted by Gasteiger charge is -2.24. The van der Waals surface area contributed by atoms with Crippen molar-refractivity contribution >= 4 is 55.6 Å². The summed E-state index contributed by atoms with van der Waals surface area (Å²) < 4.78 is 5.56. The maximum Gasteiger partial charge on any atom is 0.301 e. The van der Waals surface area contributed by atoms with Gasteiger partial charge >= 0.3 is 5.91 Å². The minimum Gasteiger partial charge on any atom is -0.507 e. The number of Topliss-reactive ketones (excluding diaryl/α,β-unsaturated/α-hetero) is 2.